The zero-order chi connectivity index (χ0) is 19.8. The molecule has 1 N–H and O–H groups in total. The van der Waals surface area contributed by atoms with Crippen LogP contribution in [0.25, 0.3) is 0 Å². The Bertz CT molecular complexity index is 924. The van der Waals surface area contributed by atoms with Crippen molar-refractivity contribution in [3.8, 4) is 0 Å². The maximum atomic E-state index is 12.8. The maximum Gasteiger partial charge on any atom is 0.255 e. The number of nitrogens with one attached hydrogen (secondary N) is 1. The van der Waals surface area contributed by atoms with Crippen molar-refractivity contribution in [3.05, 3.63) is 59.1 Å². The molecule has 4 rings (SSSR count). The quantitative estimate of drug-likeness (QED) is 0.776. The molecule has 0 aromatic heterocycles. The number of anilines is 2. The van der Waals surface area contributed by atoms with Crippen molar-refractivity contribution in [2.45, 2.75) is 26.2 Å². The van der Waals surface area contributed by atoms with Gasteiger partial charge in [-0.2, -0.15) is 0 Å². The van der Waals surface area contributed by atoms with E-state index in [0.29, 0.717) is 27.9 Å². The molecule has 0 bridgehead atoms. The molecule has 1 heterocycles. The number of amides is 3. The van der Waals surface area contributed by atoms with E-state index in [9.17, 15) is 14.4 Å². The number of fused-ring (bicyclic) bond motifs is 1. The first-order valence-electron chi connectivity index (χ1n) is 9.49. The lowest BCUT2D eigenvalue weighted by Crippen LogP contribution is -2.30. The molecule has 0 spiro atoms. The summed E-state index contributed by atoms with van der Waals surface area (Å²) in [7, 11) is 0. The third-order valence-corrected chi connectivity index (χ3v) is 5.93. The lowest BCUT2D eigenvalue weighted by Gasteiger charge is -2.25. The second-order valence-corrected chi connectivity index (χ2v) is 8.09. The Morgan fingerprint density at radius 2 is 1.61 bits per heavy atom. The van der Waals surface area contributed by atoms with Crippen molar-refractivity contribution in [2.75, 3.05) is 10.2 Å². The summed E-state index contributed by atoms with van der Waals surface area (Å²) in [5.74, 6) is -0.423. The largest absolute Gasteiger partial charge is 0.322 e. The Kier molecular flexibility index (Phi) is 4.94. The summed E-state index contributed by atoms with van der Waals surface area (Å²) < 4.78 is 0. The molecule has 3 atom stereocenters. The SMILES string of the molecule is C[C@@H]1CC[C@H]2C(=O)N(c3ccc(C(=O)Nc4ccc(Cl)cc4)cc3)C(=O)[C@@H]2C1. The fourth-order valence-electron chi connectivity index (χ4n) is 4.14. The number of nitrogens with zero attached hydrogens (tertiary/aromatic N) is 1. The summed E-state index contributed by atoms with van der Waals surface area (Å²) in [4.78, 5) is 39.3. The van der Waals surface area contributed by atoms with E-state index in [0.717, 1.165) is 19.3 Å². The van der Waals surface area contributed by atoms with Crippen LogP contribution in [0.3, 0.4) is 0 Å². The zero-order valence-corrected chi connectivity index (χ0v) is 16.3. The Balaban J connectivity index is 1.50. The average molecular weight is 397 g/mol. The summed E-state index contributed by atoms with van der Waals surface area (Å²) in [5.41, 5.74) is 1.62. The number of benzene rings is 2. The van der Waals surface area contributed by atoms with Gasteiger partial charge in [-0.25, -0.2) is 0 Å². The van der Waals surface area contributed by atoms with Crippen LogP contribution in [0.4, 0.5) is 11.4 Å². The number of halogens is 1. The van der Waals surface area contributed by atoms with Crippen molar-refractivity contribution in [2.24, 2.45) is 17.8 Å². The molecule has 2 aromatic carbocycles. The maximum absolute atomic E-state index is 12.8. The van der Waals surface area contributed by atoms with Crippen LogP contribution < -0.4 is 10.2 Å². The van der Waals surface area contributed by atoms with E-state index in [1.165, 1.54) is 4.90 Å². The van der Waals surface area contributed by atoms with E-state index in [1.54, 1.807) is 48.5 Å². The molecular weight excluding hydrogens is 376 g/mol. The highest BCUT2D eigenvalue weighted by Gasteiger charge is 2.49. The highest BCUT2D eigenvalue weighted by Crippen LogP contribution is 2.42. The molecule has 1 saturated heterocycles. The van der Waals surface area contributed by atoms with Gasteiger partial charge in [0.1, 0.15) is 0 Å². The summed E-state index contributed by atoms with van der Waals surface area (Å²) in [6.07, 6.45) is 2.53. The number of rotatable bonds is 3. The van der Waals surface area contributed by atoms with E-state index in [-0.39, 0.29) is 29.6 Å². The predicted octanol–water partition coefficient (Wildman–Crippen LogP) is 4.52. The third-order valence-electron chi connectivity index (χ3n) is 5.68. The molecule has 2 aromatic rings. The van der Waals surface area contributed by atoms with Gasteiger partial charge < -0.3 is 5.32 Å². The van der Waals surface area contributed by atoms with Gasteiger partial charge >= 0.3 is 0 Å². The molecule has 144 valence electrons. The first-order valence-corrected chi connectivity index (χ1v) is 9.86. The number of hydrogen-bond donors (Lipinski definition) is 1. The van der Waals surface area contributed by atoms with Crippen LogP contribution in [0.15, 0.2) is 48.5 Å². The van der Waals surface area contributed by atoms with Crippen molar-refractivity contribution < 1.29 is 14.4 Å². The Labute approximate surface area is 168 Å². The van der Waals surface area contributed by atoms with Crippen LogP contribution in [-0.2, 0) is 9.59 Å². The Hall–Kier alpha value is -2.66. The molecule has 2 fully saturated rings. The van der Waals surface area contributed by atoms with Crippen LogP contribution in [-0.4, -0.2) is 17.7 Å². The van der Waals surface area contributed by atoms with Crippen molar-refractivity contribution in [1.29, 1.82) is 0 Å². The minimum Gasteiger partial charge on any atom is -0.322 e. The molecular formula is C22H21ClN2O3. The van der Waals surface area contributed by atoms with E-state index >= 15 is 0 Å². The van der Waals surface area contributed by atoms with Crippen molar-refractivity contribution in [1.82, 2.24) is 0 Å². The molecule has 2 aliphatic rings. The van der Waals surface area contributed by atoms with Gasteiger partial charge in [0.25, 0.3) is 5.91 Å². The molecule has 0 radical (unpaired) electrons. The molecule has 5 nitrogen and oxygen atoms in total. The number of carbonyl (C=O) groups is 3. The molecule has 1 saturated carbocycles. The summed E-state index contributed by atoms with van der Waals surface area (Å²) in [6.45, 7) is 2.13. The van der Waals surface area contributed by atoms with Crippen LogP contribution in [0, 0.1) is 17.8 Å². The van der Waals surface area contributed by atoms with Crippen LogP contribution in [0.1, 0.15) is 36.5 Å². The van der Waals surface area contributed by atoms with Crippen molar-refractivity contribution in [3.63, 3.8) is 0 Å². The Morgan fingerprint density at radius 1 is 0.964 bits per heavy atom. The second kappa shape index (κ2) is 7.40. The predicted molar refractivity (Wildman–Crippen MR) is 108 cm³/mol. The van der Waals surface area contributed by atoms with Gasteiger partial charge in [-0.05, 0) is 73.7 Å². The summed E-state index contributed by atoms with van der Waals surface area (Å²) in [6, 6.07) is 13.4. The Morgan fingerprint density at radius 3 is 2.29 bits per heavy atom. The lowest BCUT2D eigenvalue weighted by molar-refractivity contribution is -0.122. The number of carbonyl (C=O) groups excluding carboxylic acids is 3. The molecule has 0 unspecified atom stereocenters. The van der Waals surface area contributed by atoms with Gasteiger partial charge in [0, 0.05) is 16.3 Å². The van der Waals surface area contributed by atoms with E-state index < -0.39 is 0 Å². The fourth-order valence-corrected chi connectivity index (χ4v) is 4.27. The van der Waals surface area contributed by atoms with Gasteiger partial charge in [-0.15, -0.1) is 0 Å². The third kappa shape index (κ3) is 3.42. The van der Waals surface area contributed by atoms with Gasteiger partial charge in [0.2, 0.25) is 11.8 Å². The lowest BCUT2D eigenvalue weighted by atomic mass is 9.76. The minimum absolute atomic E-state index is 0.111. The normalized spacial score (nSPS) is 24.2. The molecule has 6 heteroatoms. The standard InChI is InChI=1S/C22H21ClN2O3/c1-13-2-11-18-19(12-13)22(28)25(21(18)27)17-9-3-14(4-10-17)20(26)24-16-7-5-15(23)6-8-16/h3-10,13,18-19H,2,11-12H2,1H3,(H,24,26)/t13-,18-,19-/m1/s1. The topological polar surface area (TPSA) is 66.5 Å². The first kappa shape index (κ1) is 18.7. The minimum atomic E-state index is -0.268. The molecule has 28 heavy (non-hydrogen) atoms. The first-order chi connectivity index (χ1) is 13.4. The molecule has 1 aliphatic heterocycles. The molecule has 1 aliphatic carbocycles. The van der Waals surface area contributed by atoms with E-state index in [2.05, 4.69) is 12.2 Å². The average Bonchev–Trinajstić information content (AvgIpc) is 2.93. The molecule has 3 amide bonds. The summed E-state index contributed by atoms with van der Waals surface area (Å²) >= 11 is 5.85. The van der Waals surface area contributed by atoms with Crippen LogP contribution >= 0.6 is 11.6 Å². The van der Waals surface area contributed by atoms with Gasteiger partial charge in [-0.3, -0.25) is 19.3 Å². The van der Waals surface area contributed by atoms with Gasteiger partial charge in [-0.1, -0.05) is 18.5 Å². The van der Waals surface area contributed by atoms with Crippen LogP contribution in [0.5, 0.6) is 0 Å². The van der Waals surface area contributed by atoms with Gasteiger partial charge in [0.15, 0.2) is 0 Å². The van der Waals surface area contributed by atoms with Crippen molar-refractivity contribution >= 4 is 40.7 Å². The second-order valence-electron chi connectivity index (χ2n) is 7.65. The van der Waals surface area contributed by atoms with Gasteiger partial charge in [0.05, 0.1) is 17.5 Å². The highest BCUT2D eigenvalue weighted by atomic mass is 35.5. The smallest absolute Gasteiger partial charge is 0.255 e. The summed E-state index contributed by atoms with van der Waals surface area (Å²) in [5, 5.41) is 3.39. The van der Waals surface area contributed by atoms with E-state index in [1.807, 2.05) is 0 Å². The monoisotopic (exact) mass is 396 g/mol. The van der Waals surface area contributed by atoms with Crippen LogP contribution in [0.2, 0.25) is 5.02 Å². The number of imide groups is 1. The fraction of sp³-hybridized carbons (Fsp3) is 0.318. The highest BCUT2D eigenvalue weighted by molar-refractivity contribution is 6.30. The number of hydrogen-bond acceptors (Lipinski definition) is 3. The zero-order valence-electron chi connectivity index (χ0n) is 15.5. The van der Waals surface area contributed by atoms with E-state index in [4.69, 9.17) is 11.6 Å².